The first-order valence-electron chi connectivity index (χ1n) is 7.28. The molecule has 0 aromatic carbocycles. The van der Waals surface area contributed by atoms with Crippen molar-refractivity contribution in [2.24, 2.45) is 5.92 Å². The molecule has 2 fully saturated rings. The summed E-state index contributed by atoms with van der Waals surface area (Å²) in [6, 6.07) is 0.594. The minimum Gasteiger partial charge on any atom is -0.337 e. The van der Waals surface area contributed by atoms with Crippen molar-refractivity contribution >= 4 is 5.91 Å². The molecule has 1 unspecified atom stereocenters. The molecule has 0 bridgehead atoms. The van der Waals surface area contributed by atoms with Gasteiger partial charge in [-0.3, -0.25) is 9.69 Å². The standard InChI is InChI=1S/C15H26N2O/c1-12(2)16-6-8-17(9-7-16)15(18)11-14-5-4-13(3)10-14/h11-13H,4-10H2,1-3H3. The van der Waals surface area contributed by atoms with Gasteiger partial charge in [0.1, 0.15) is 0 Å². The molecule has 1 amide bonds. The Kier molecular flexibility index (Phi) is 4.44. The number of allylic oxidation sites excluding steroid dienone is 1. The molecule has 1 atom stereocenters. The van der Waals surface area contributed by atoms with Crippen LogP contribution in [0.1, 0.15) is 40.0 Å². The number of hydrogen-bond donors (Lipinski definition) is 0. The van der Waals surface area contributed by atoms with E-state index in [9.17, 15) is 4.79 Å². The Morgan fingerprint density at radius 3 is 2.44 bits per heavy atom. The molecule has 1 aliphatic carbocycles. The Labute approximate surface area is 111 Å². The van der Waals surface area contributed by atoms with Crippen LogP contribution in [0.4, 0.5) is 0 Å². The maximum Gasteiger partial charge on any atom is 0.246 e. The molecule has 1 saturated heterocycles. The van der Waals surface area contributed by atoms with Gasteiger partial charge in [0.25, 0.3) is 0 Å². The van der Waals surface area contributed by atoms with Crippen molar-refractivity contribution in [1.29, 1.82) is 0 Å². The van der Waals surface area contributed by atoms with Gasteiger partial charge in [0.15, 0.2) is 0 Å². The van der Waals surface area contributed by atoms with Gasteiger partial charge in [0, 0.05) is 38.3 Å². The SMILES string of the molecule is CC1CCC(=CC(=O)N2CCN(C(C)C)CC2)C1. The summed E-state index contributed by atoms with van der Waals surface area (Å²) in [5, 5.41) is 0. The number of nitrogens with zero attached hydrogens (tertiary/aromatic N) is 2. The number of amides is 1. The van der Waals surface area contributed by atoms with E-state index in [1.807, 2.05) is 11.0 Å². The van der Waals surface area contributed by atoms with Gasteiger partial charge in [-0.05, 0) is 39.0 Å². The van der Waals surface area contributed by atoms with Crippen LogP contribution in [-0.2, 0) is 4.79 Å². The average Bonchev–Trinajstić information content (AvgIpc) is 2.75. The molecule has 0 aromatic heterocycles. The lowest BCUT2D eigenvalue weighted by Gasteiger charge is -2.36. The van der Waals surface area contributed by atoms with Crippen LogP contribution in [0.2, 0.25) is 0 Å². The minimum atomic E-state index is 0.238. The van der Waals surface area contributed by atoms with E-state index in [1.54, 1.807) is 0 Å². The van der Waals surface area contributed by atoms with Crippen molar-refractivity contribution < 1.29 is 4.79 Å². The number of rotatable bonds is 2. The summed E-state index contributed by atoms with van der Waals surface area (Å²) in [4.78, 5) is 16.6. The van der Waals surface area contributed by atoms with Gasteiger partial charge in [-0.1, -0.05) is 12.5 Å². The second-order valence-electron chi connectivity index (χ2n) is 6.11. The van der Waals surface area contributed by atoms with Crippen molar-refractivity contribution in [2.75, 3.05) is 26.2 Å². The third-order valence-electron chi connectivity index (χ3n) is 4.25. The first-order chi connectivity index (χ1) is 8.56. The van der Waals surface area contributed by atoms with Gasteiger partial charge in [-0.2, -0.15) is 0 Å². The first kappa shape index (κ1) is 13.6. The molecule has 2 aliphatic rings. The molecule has 1 heterocycles. The summed E-state index contributed by atoms with van der Waals surface area (Å²) >= 11 is 0. The van der Waals surface area contributed by atoms with Gasteiger partial charge >= 0.3 is 0 Å². The molecule has 3 heteroatoms. The lowest BCUT2D eigenvalue weighted by molar-refractivity contribution is -0.128. The molecular formula is C15H26N2O. The molecule has 3 nitrogen and oxygen atoms in total. The highest BCUT2D eigenvalue weighted by atomic mass is 16.2. The quantitative estimate of drug-likeness (QED) is 0.702. The number of carbonyl (C=O) groups is 1. The van der Waals surface area contributed by atoms with Crippen LogP contribution >= 0.6 is 0 Å². The van der Waals surface area contributed by atoms with Gasteiger partial charge in [0.2, 0.25) is 5.91 Å². The molecule has 0 radical (unpaired) electrons. The van der Waals surface area contributed by atoms with Gasteiger partial charge < -0.3 is 4.90 Å². The van der Waals surface area contributed by atoms with E-state index < -0.39 is 0 Å². The normalized spacial score (nSPS) is 28.3. The molecule has 0 aromatic rings. The van der Waals surface area contributed by atoms with E-state index in [4.69, 9.17) is 0 Å². The molecule has 102 valence electrons. The van der Waals surface area contributed by atoms with Crippen LogP contribution in [-0.4, -0.2) is 47.9 Å². The predicted octanol–water partition coefficient (Wildman–Crippen LogP) is 2.29. The largest absolute Gasteiger partial charge is 0.337 e. The molecule has 2 rings (SSSR count). The first-order valence-corrected chi connectivity index (χ1v) is 7.28. The molecule has 1 saturated carbocycles. The van der Waals surface area contributed by atoms with E-state index in [0.717, 1.165) is 44.9 Å². The third-order valence-corrected chi connectivity index (χ3v) is 4.25. The Bertz CT molecular complexity index is 327. The Balaban J connectivity index is 1.84. The summed E-state index contributed by atoms with van der Waals surface area (Å²) in [6.45, 7) is 10.5. The zero-order chi connectivity index (χ0) is 13.1. The van der Waals surface area contributed by atoms with Crippen LogP contribution in [0.25, 0.3) is 0 Å². The van der Waals surface area contributed by atoms with Crippen molar-refractivity contribution in [3.8, 4) is 0 Å². The van der Waals surface area contributed by atoms with Gasteiger partial charge in [0.05, 0.1) is 0 Å². The lowest BCUT2D eigenvalue weighted by Crippen LogP contribution is -2.50. The number of piperazine rings is 1. The van der Waals surface area contributed by atoms with Crippen molar-refractivity contribution in [2.45, 2.75) is 46.1 Å². The van der Waals surface area contributed by atoms with Crippen molar-refractivity contribution in [3.63, 3.8) is 0 Å². The zero-order valence-electron chi connectivity index (χ0n) is 12.0. The van der Waals surface area contributed by atoms with Crippen LogP contribution < -0.4 is 0 Å². The molecule has 0 spiro atoms. The fraction of sp³-hybridized carbons (Fsp3) is 0.800. The summed E-state index contributed by atoms with van der Waals surface area (Å²) in [5.41, 5.74) is 1.36. The van der Waals surface area contributed by atoms with Crippen molar-refractivity contribution in [3.05, 3.63) is 11.6 Å². The maximum atomic E-state index is 12.2. The smallest absolute Gasteiger partial charge is 0.246 e. The van der Waals surface area contributed by atoms with Crippen LogP contribution in [0.5, 0.6) is 0 Å². The summed E-state index contributed by atoms with van der Waals surface area (Å²) in [7, 11) is 0. The zero-order valence-corrected chi connectivity index (χ0v) is 12.0. The monoisotopic (exact) mass is 250 g/mol. The second-order valence-corrected chi connectivity index (χ2v) is 6.11. The molecule has 0 N–H and O–H groups in total. The lowest BCUT2D eigenvalue weighted by atomic mass is 10.1. The van der Waals surface area contributed by atoms with E-state index in [1.165, 1.54) is 12.0 Å². The van der Waals surface area contributed by atoms with Crippen LogP contribution in [0.15, 0.2) is 11.6 Å². The predicted molar refractivity (Wildman–Crippen MR) is 74.4 cm³/mol. The summed E-state index contributed by atoms with van der Waals surface area (Å²) in [6.07, 6.45) is 5.41. The highest BCUT2D eigenvalue weighted by Gasteiger charge is 2.22. The molecular weight excluding hydrogens is 224 g/mol. The van der Waals surface area contributed by atoms with Gasteiger partial charge in [-0.25, -0.2) is 0 Å². The number of carbonyl (C=O) groups excluding carboxylic acids is 1. The fourth-order valence-electron chi connectivity index (χ4n) is 2.94. The molecule has 1 aliphatic heterocycles. The minimum absolute atomic E-state index is 0.238. The van der Waals surface area contributed by atoms with Gasteiger partial charge in [-0.15, -0.1) is 0 Å². The summed E-state index contributed by atoms with van der Waals surface area (Å²) in [5.74, 6) is 1.00. The Hall–Kier alpha value is -0.830. The highest BCUT2D eigenvalue weighted by molar-refractivity contribution is 5.88. The Morgan fingerprint density at radius 1 is 1.28 bits per heavy atom. The fourth-order valence-corrected chi connectivity index (χ4v) is 2.94. The highest BCUT2D eigenvalue weighted by Crippen LogP contribution is 2.29. The average molecular weight is 250 g/mol. The summed E-state index contributed by atoms with van der Waals surface area (Å²) < 4.78 is 0. The van der Waals surface area contributed by atoms with Crippen LogP contribution in [0.3, 0.4) is 0 Å². The van der Waals surface area contributed by atoms with E-state index in [0.29, 0.717) is 6.04 Å². The van der Waals surface area contributed by atoms with E-state index in [-0.39, 0.29) is 5.91 Å². The molecule has 18 heavy (non-hydrogen) atoms. The maximum absolute atomic E-state index is 12.2. The third kappa shape index (κ3) is 3.35. The second kappa shape index (κ2) is 5.87. The van der Waals surface area contributed by atoms with E-state index in [2.05, 4.69) is 25.7 Å². The number of hydrogen-bond acceptors (Lipinski definition) is 2. The Morgan fingerprint density at radius 2 is 1.94 bits per heavy atom. The van der Waals surface area contributed by atoms with E-state index >= 15 is 0 Å². The topological polar surface area (TPSA) is 23.6 Å². The van der Waals surface area contributed by atoms with Crippen LogP contribution in [0, 0.1) is 5.92 Å². The van der Waals surface area contributed by atoms with Crippen molar-refractivity contribution in [1.82, 2.24) is 9.80 Å².